The van der Waals surface area contributed by atoms with Crippen LogP contribution < -0.4 is 15.5 Å². The molecular formula is C50H44ClN7O5. The Labute approximate surface area is 369 Å². The van der Waals surface area contributed by atoms with Crippen LogP contribution in [-0.4, -0.2) is 49.6 Å². The standard InChI is InChI=1S/C25H23ClN2O3.C25H21N5O2/c1-15-13-23(27-21-10-8-20(26)9-11-21)22-14-19(7-12-24(22)28(15)16(2)29)17-3-5-18(6-4-17)25(30)31;1-17-28-29-24-23(27-25(31)32-16-18-10-4-2-5-11-18)26-22(19-12-6-3-7-13-19)20-14-8-9-15-21(20)30(17)24/h3-12,14-15,23,27H,13H2,1-2H3,(H,30,31);2-15,23H,16H2,1H3,(H,27,31)/t15-,23+;/m0./s1. The summed E-state index contributed by atoms with van der Waals surface area (Å²) in [5.41, 5.74) is 9.48. The molecule has 3 atom stereocenters. The molecule has 0 fully saturated rings. The lowest BCUT2D eigenvalue weighted by atomic mass is 9.88. The number of aromatic nitrogens is 3. The van der Waals surface area contributed by atoms with E-state index in [2.05, 4.69) is 33.8 Å². The molecule has 2 aliphatic rings. The molecule has 63 heavy (non-hydrogen) atoms. The highest BCUT2D eigenvalue weighted by Crippen LogP contribution is 2.41. The van der Waals surface area contributed by atoms with E-state index in [9.17, 15) is 14.4 Å². The van der Waals surface area contributed by atoms with Crippen molar-refractivity contribution in [1.29, 1.82) is 0 Å². The van der Waals surface area contributed by atoms with Gasteiger partial charge in [0.25, 0.3) is 0 Å². The van der Waals surface area contributed by atoms with Gasteiger partial charge in [0.15, 0.2) is 12.0 Å². The number of para-hydroxylation sites is 1. The third kappa shape index (κ3) is 9.36. The molecule has 6 aromatic carbocycles. The van der Waals surface area contributed by atoms with Gasteiger partial charge in [0.2, 0.25) is 5.91 Å². The van der Waals surface area contributed by atoms with Gasteiger partial charge in [0.05, 0.1) is 23.0 Å². The Balaban J connectivity index is 0.000000173. The summed E-state index contributed by atoms with van der Waals surface area (Å²) in [5.74, 6) is 0.298. The minimum atomic E-state index is -0.949. The van der Waals surface area contributed by atoms with Crippen LogP contribution in [0.15, 0.2) is 157 Å². The van der Waals surface area contributed by atoms with Crippen LogP contribution in [0.4, 0.5) is 16.2 Å². The average molecular weight is 858 g/mol. The van der Waals surface area contributed by atoms with Crippen LogP contribution in [0.5, 0.6) is 0 Å². The van der Waals surface area contributed by atoms with E-state index in [1.807, 2.05) is 138 Å². The van der Waals surface area contributed by atoms with Crippen molar-refractivity contribution in [1.82, 2.24) is 20.1 Å². The number of benzene rings is 6. The molecule has 0 aliphatic carbocycles. The zero-order valence-electron chi connectivity index (χ0n) is 34.8. The normalized spacial score (nSPS) is 16.1. The fourth-order valence-corrected chi connectivity index (χ4v) is 8.12. The number of aromatic carboxylic acids is 1. The highest BCUT2D eigenvalue weighted by Gasteiger charge is 2.33. The van der Waals surface area contributed by atoms with E-state index in [1.54, 1.807) is 31.2 Å². The first-order chi connectivity index (χ1) is 30.5. The molecule has 0 saturated carbocycles. The van der Waals surface area contributed by atoms with Gasteiger partial charge in [-0.15, -0.1) is 10.2 Å². The van der Waals surface area contributed by atoms with Crippen LogP contribution in [0.1, 0.15) is 76.7 Å². The molecule has 0 saturated heterocycles. The minimum Gasteiger partial charge on any atom is -0.478 e. The summed E-state index contributed by atoms with van der Waals surface area (Å²) >= 11 is 6.02. The number of carboxylic acid groups (broad SMARTS) is 1. The van der Waals surface area contributed by atoms with Crippen molar-refractivity contribution in [2.75, 3.05) is 10.2 Å². The molecule has 1 aromatic heterocycles. The van der Waals surface area contributed by atoms with Crippen LogP contribution in [0.3, 0.4) is 0 Å². The summed E-state index contributed by atoms with van der Waals surface area (Å²) in [5, 5.41) is 24.8. The smallest absolute Gasteiger partial charge is 0.409 e. The maximum atomic E-state index is 12.7. The van der Waals surface area contributed by atoms with Crippen molar-refractivity contribution in [2.24, 2.45) is 4.99 Å². The summed E-state index contributed by atoms with van der Waals surface area (Å²) in [6, 6.07) is 47.9. The van der Waals surface area contributed by atoms with Gasteiger partial charge in [-0.25, -0.2) is 9.59 Å². The number of hydrogen-bond donors (Lipinski definition) is 3. The lowest BCUT2D eigenvalue weighted by Gasteiger charge is -2.39. The first kappa shape index (κ1) is 42.1. The number of halogens is 1. The van der Waals surface area contributed by atoms with Crippen LogP contribution in [0.2, 0.25) is 5.02 Å². The molecule has 3 N–H and O–H groups in total. The number of anilines is 2. The van der Waals surface area contributed by atoms with E-state index in [0.29, 0.717) is 16.7 Å². The number of aliphatic imine (C=N–C) groups is 1. The fourth-order valence-electron chi connectivity index (χ4n) is 7.99. The van der Waals surface area contributed by atoms with Crippen molar-refractivity contribution >= 4 is 46.7 Å². The number of alkyl carbamates (subject to hydrolysis) is 1. The maximum Gasteiger partial charge on any atom is 0.409 e. The van der Waals surface area contributed by atoms with Crippen LogP contribution in [-0.2, 0) is 16.1 Å². The van der Waals surface area contributed by atoms with E-state index in [-0.39, 0.29) is 30.2 Å². The number of amides is 2. The van der Waals surface area contributed by atoms with Gasteiger partial charge in [-0.2, -0.15) is 0 Å². The van der Waals surface area contributed by atoms with Crippen molar-refractivity contribution < 1.29 is 24.2 Å². The summed E-state index contributed by atoms with van der Waals surface area (Å²) in [6.45, 7) is 5.69. The second kappa shape index (κ2) is 18.6. The number of fused-ring (bicyclic) bond motifs is 4. The van der Waals surface area contributed by atoms with E-state index >= 15 is 0 Å². The molecule has 0 bridgehead atoms. The van der Waals surface area contributed by atoms with Crippen LogP contribution in [0.25, 0.3) is 16.8 Å². The number of carbonyl (C=O) groups is 3. The molecule has 2 aliphatic heterocycles. The van der Waals surface area contributed by atoms with Gasteiger partial charge in [-0.05, 0) is 97.1 Å². The topological polar surface area (TPSA) is 151 Å². The number of nitrogens with one attached hydrogen (secondary N) is 2. The quantitative estimate of drug-likeness (QED) is 0.137. The predicted molar refractivity (Wildman–Crippen MR) is 245 cm³/mol. The van der Waals surface area contributed by atoms with Crippen LogP contribution >= 0.6 is 11.6 Å². The summed E-state index contributed by atoms with van der Waals surface area (Å²) < 4.78 is 7.36. The van der Waals surface area contributed by atoms with Gasteiger partial charge < -0.3 is 20.1 Å². The molecule has 0 radical (unpaired) electrons. The first-order valence-electron chi connectivity index (χ1n) is 20.5. The van der Waals surface area contributed by atoms with Gasteiger partial charge in [-0.1, -0.05) is 109 Å². The third-order valence-electron chi connectivity index (χ3n) is 10.9. The molecule has 9 rings (SSSR count). The van der Waals surface area contributed by atoms with Gasteiger partial charge in [0, 0.05) is 40.5 Å². The molecule has 0 spiro atoms. The molecule has 3 heterocycles. The monoisotopic (exact) mass is 857 g/mol. The molecule has 1 unspecified atom stereocenters. The minimum absolute atomic E-state index is 0.0113. The number of hydrogen-bond acceptors (Lipinski definition) is 8. The van der Waals surface area contributed by atoms with Gasteiger partial charge in [0.1, 0.15) is 12.4 Å². The molecule has 7 aromatic rings. The summed E-state index contributed by atoms with van der Waals surface area (Å²) in [6.07, 6.45) is -0.577. The van der Waals surface area contributed by atoms with Crippen molar-refractivity contribution in [2.45, 2.75) is 52.0 Å². The zero-order chi connectivity index (χ0) is 44.0. The van der Waals surface area contributed by atoms with E-state index < -0.39 is 18.2 Å². The second-order valence-electron chi connectivity index (χ2n) is 15.2. The Kier molecular flexibility index (Phi) is 12.4. The molecule has 12 nitrogen and oxygen atoms in total. The predicted octanol–water partition coefficient (Wildman–Crippen LogP) is 10.4. The van der Waals surface area contributed by atoms with Crippen LogP contribution in [0, 0.1) is 6.92 Å². The Morgan fingerprint density at radius 1 is 0.778 bits per heavy atom. The molecular weight excluding hydrogens is 814 g/mol. The largest absolute Gasteiger partial charge is 0.478 e. The third-order valence-corrected chi connectivity index (χ3v) is 11.2. The van der Waals surface area contributed by atoms with Crippen molar-refractivity contribution in [3.63, 3.8) is 0 Å². The molecule has 316 valence electrons. The van der Waals surface area contributed by atoms with E-state index in [1.165, 1.54) is 0 Å². The average Bonchev–Trinajstić information content (AvgIpc) is 3.62. The Morgan fingerprint density at radius 3 is 2.14 bits per heavy atom. The zero-order valence-corrected chi connectivity index (χ0v) is 35.5. The van der Waals surface area contributed by atoms with Gasteiger partial charge >= 0.3 is 12.1 Å². The molecule has 2 amide bonds. The fraction of sp³-hybridized carbons (Fsp3) is 0.160. The van der Waals surface area contributed by atoms with Crippen molar-refractivity contribution in [3.8, 4) is 16.8 Å². The first-order valence-corrected chi connectivity index (χ1v) is 20.8. The van der Waals surface area contributed by atoms with Gasteiger partial charge in [-0.3, -0.25) is 19.7 Å². The summed E-state index contributed by atoms with van der Waals surface area (Å²) in [7, 11) is 0. The highest BCUT2D eigenvalue weighted by atomic mass is 35.5. The lowest BCUT2D eigenvalue weighted by Crippen LogP contribution is -2.43. The summed E-state index contributed by atoms with van der Waals surface area (Å²) in [4.78, 5) is 42.9. The Hall–Kier alpha value is -7.57. The number of carbonyl (C=O) groups excluding carboxylic acids is 2. The lowest BCUT2D eigenvalue weighted by molar-refractivity contribution is -0.117. The van der Waals surface area contributed by atoms with E-state index in [0.717, 1.165) is 62.6 Å². The van der Waals surface area contributed by atoms with Crippen molar-refractivity contribution in [3.05, 3.63) is 196 Å². The number of rotatable bonds is 8. The number of nitrogens with zero attached hydrogens (tertiary/aromatic N) is 5. The number of carboxylic acids is 1. The second-order valence-corrected chi connectivity index (χ2v) is 15.7. The number of ether oxygens (including phenoxy) is 1. The highest BCUT2D eigenvalue weighted by molar-refractivity contribution is 6.30. The maximum absolute atomic E-state index is 12.7. The molecule has 13 heteroatoms. The Morgan fingerprint density at radius 2 is 1.44 bits per heavy atom. The Bertz CT molecular complexity index is 2800. The number of aryl methyl sites for hydroxylation is 1. The SMILES string of the molecule is CC(=O)N1c2ccc(-c3ccc(C(=O)O)cc3)cc2[C@H](Nc2ccc(Cl)cc2)C[C@@H]1C.Cc1nnc2n1-c1ccccc1C(c1ccccc1)=NC2NC(=O)OCc1ccccc1. The van der Waals surface area contributed by atoms with E-state index in [4.69, 9.17) is 26.4 Å².